The van der Waals surface area contributed by atoms with Crippen molar-refractivity contribution in [1.29, 1.82) is 0 Å². The molecule has 99 heavy (non-hydrogen) atoms. The smallest absolute Gasteiger partial charge is 0.275 e. The molecular formula is C73H86N22O4. The molecule has 26 heteroatoms. The highest BCUT2D eigenvalue weighted by Gasteiger charge is 2.37. The lowest BCUT2D eigenvalue weighted by atomic mass is 9.97. The highest BCUT2D eigenvalue weighted by Crippen LogP contribution is 2.39. The largest absolute Gasteiger partial charge is 0.492 e. The van der Waals surface area contributed by atoms with Crippen molar-refractivity contribution in [3.8, 4) is 5.75 Å². The number of rotatable bonds is 9. The van der Waals surface area contributed by atoms with E-state index in [1.54, 1.807) is 39.6 Å². The van der Waals surface area contributed by atoms with Crippen LogP contribution in [0, 0.1) is 32.6 Å². The molecule has 0 unspecified atom stereocenters. The van der Waals surface area contributed by atoms with Gasteiger partial charge in [0.25, 0.3) is 17.7 Å². The average molecular weight is 1340 g/mol. The zero-order chi connectivity index (χ0) is 67.6. The molecule has 26 nitrogen and oxygen atoms in total. The molecule has 2 N–H and O–H groups in total. The maximum atomic E-state index is 13.7. The van der Waals surface area contributed by atoms with Crippen LogP contribution in [-0.2, 0) is 6.42 Å². The van der Waals surface area contributed by atoms with E-state index in [-0.39, 0.29) is 41.9 Å². The third-order valence-corrected chi connectivity index (χ3v) is 21.1. The Morgan fingerprint density at radius 2 is 1.05 bits per heavy atom. The Morgan fingerprint density at radius 3 is 1.58 bits per heavy atom. The van der Waals surface area contributed by atoms with Crippen molar-refractivity contribution in [2.45, 2.75) is 142 Å². The Bertz CT molecular complexity index is 4820. The number of aromatic nitrogens is 15. The second-order valence-electron chi connectivity index (χ2n) is 28.4. The molecule has 0 radical (unpaired) electrons. The quantitative estimate of drug-likeness (QED) is 0.141. The number of carbonyl (C=O) groups is 3. The fraction of sp³-hybridized carbons (Fsp3) is 0.466. The lowest BCUT2D eigenvalue weighted by Gasteiger charge is -2.35. The third-order valence-electron chi connectivity index (χ3n) is 21.1. The number of nitrogens with two attached hydrogens (primary N) is 1. The number of fused-ring (bicyclic) bond motifs is 6. The van der Waals surface area contributed by atoms with Crippen molar-refractivity contribution in [3.63, 3.8) is 0 Å². The number of piperidine rings is 3. The molecule has 0 spiro atoms. The number of carbonyl (C=O) groups excluding carboxylic acids is 3. The summed E-state index contributed by atoms with van der Waals surface area (Å²) in [5.41, 5.74) is 18.8. The minimum absolute atomic E-state index is 0.0409. The van der Waals surface area contributed by atoms with Crippen LogP contribution < -0.4 is 25.2 Å². The predicted molar refractivity (Wildman–Crippen MR) is 374 cm³/mol. The SMILES string of the molecule is Cc1cn2nc([C@@H]3CCCCN3C(=O)c3cc4ncccn4n3)cc2nc1N1CC[C@H](C)C1.Cc1cn2nc([C@@H]3CCCCN3C(=O)c3cccc4c3OCC4)cc2nc1N1CC[C@H](C)C1.Cc1cn2nc([C@@H]3CCCCN3C(=O)c3cccc4cnnn34)cc2nc1N1CC[C@H](N)C1. The van der Waals surface area contributed by atoms with E-state index in [2.05, 4.69) is 94.2 Å². The van der Waals surface area contributed by atoms with Crippen LogP contribution >= 0.6 is 0 Å². The van der Waals surface area contributed by atoms with Crippen LogP contribution in [0.25, 0.3) is 28.1 Å². The molecule has 7 aliphatic rings. The second-order valence-corrected chi connectivity index (χ2v) is 28.4. The highest BCUT2D eigenvalue weighted by atomic mass is 16.5. The van der Waals surface area contributed by atoms with E-state index in [0.717, 1.165) is 201 Å². The average Bonchev–Trinajstić information content (AvgIpc) is 1.66. The first-order valence-corrected chi connectivity index (χ1v) is 35.6. The minimum atomic E-state index is -0.101. The van der Waals surface area contributed by atoms with E-state index in [1.807, 2.05) is 77.0 Å². The van der Waals surface area contributed by atoms with Gasteiger partial charge in [0, 0.05) is 143 Å². The Labute approximate surface area is 573 Å². The van der Waals surface area contributed by atoms with Crippen molar-refractivity contribution in [2.75, 3.05) is 80.2 Å². The molecule has 1 aromatic carbocycles. The maximum absolute atomic E-state index is 13.7. The Morgan fingerprint density at radius 1 is 0.525 bits per heavy atom. The van der Waals surface area contributed by atoms with Crippen molar-refractivity contribution < 1.29 is 19.1 Å². The molecule has 10 aromatic heterocycles. The maximum Gasteiger partial charge on any atom is 0.275 e. The molecule has 7 aliphatic heterocycles. The topological polar surface area (TPSA) is 257 Å². The summed E-state index contributed by atoms with van der Waals surface area (Å²) in [6.45, 7) is 19.6. The van der Waals surface area contributed by atoms with Crippen molar-refractivity contribution in [1.82, 2.24) is 87.9 Å². The number of hydrogen-bond acceptors (Lipinski definition) is 18. The second kappa shape index (κ2) is 26.6. The molecule has 6 fully saturated rings. The molecule has 18 rings (SSSR count). The van der Waals surface area contributed by atoms with Crippen LogP contribution in [0.4, 0.5) is 17.5 Å². The standard InChI is InChI=1S/C26H31N5O2.C24H28N8O.C23H27N9O/c1-17-9-12-29(15-17)25-18(2)16-31-23(27-25)14-21(28-31)22-8-3-4-11-30(22)26(32)20-7-5-6-19-10-13-33-24(19)20;1-16-7-11-29(14-16)23-17(2)15-32-22(26-23)12-18(27-32)20-6-3-4-9-30(20)24(33)19-13-21-25-8-5-10-31(21)28-19;1-15-13-31-21(26-22(15)29-10-8-16(24)14-29)11-18(27-31)19-6-2-3-9-30(19)23(33)20-7-4-5-17-12-25-28-32(17)20/h5-7,14,16-17,22H,3-4,8-13,15H2,1-2H3;5,8,10,12-13,15-16,20H,3-4,6-7,9,11,14H2,1-2H3;4-5,7,11-13,16,19H,2-3,6,8-10,14,24H2,1H3/t17-,22-;16-,20-;16-,19-/m000/s1. The number of benzene rings is 1. The number of aryl methyl sites for hydroxylation is 3. The van der Waals surface area contributed by atoms with Gasteiger partial charge in [0.1, 0.15) is 28.9 Å². The monoisotopic (exact) mass is 1330 g/mol. The molecule has 512 valence electrons. The van der Waals surface area contributed by atoms with E-state index in [0.29, 0.717) is 54.1 Å². The first-order valence-electron chi connectivity index (χ1n) is 35.6. The molecule has 11 aromatic rings. The number of anilines is 3. The van der Waals surface area contributed by atoms with Crippen molar-refractivity contribution in [3.05, 3.63) is 160 Å². The van der Waals surface area contributed by atoms with Gasteiger partial charge in [-0.2, -0.15) is 20.4 Å². The van der Waals surface area contributed by atoms with Gasteiger partial charge in [-0.3, -0.25) is 14.4 Å². The van der Waals surface area contributed by atoms with Gasteiger partial charge in [-0.05, 0) is 139 Å². The van der Waals surface area contributed by atoms with Gasteiger partial charge in [0.05, 0.1) is 59.1 Å². The zero-order valence-corrected chi connectivity index (χ0v) is 57.1. The van der Waals surface area contributed by atoms with Gasteiger partial charge in [0.2, 0.25) is 0 Å². The normalized spacial score (nSPS) is 21.8. The number of ether oxygens (including phenoxy) is 1. The third kappa shape index (κ3) is 12.4. The number of likely N-dealkylation sites (tertiary alicyclic amines) is 3. The lowest BCUT2D eigenvalue weighted by molar-refractivity contribution is 0.0590. The molecule has 0 aliphatic carbocycles. The predicted octanol–water partition coefficient (Wildman–Crippen LogP) is 9.47. The Kier molecular flexibility index (Phi) is 17.1. The summed E-state index contributed by atoms with van der Waals surface area (Å²) in [6, 6.07) is 21.2. The van der Waals surface area contributed by atoms with Crippen LogP contribution in [0.15, 0.2) is 104 Å². The number of pyridine rings is 1. The number of nitrogens with zero attached hydrogens (tertiary/aromatic N) is 21. The Balaban J connectivity index is 0.000000116. The summed E-state index contributed by atoms with van der Waals surface area (Å²) in [6.07, 6.45) is 24.5. The van der Waals surface area contributed by atoms with E-state index >= 15 is 0 Å². The molecular weight excluding hydrogens is 1250 g/mol. The van der Waals surface area contributed by atoms with Gasteiger partial charge in [0.15, 0.2) is 28.3 Å². The fourth-order valence-corrected chi connectivity index (χ4v) is 16.0. The van der Waals surface area contributed by atoms with Gasteiger partial charge in [-0.15, -0.1) is 5.10 Å². The molecule has 0 bridgehead atoms. The zero-order valence-electron chi connectivity index (χ0n) is 57.1. The molecule has 0 saturated carbocycles. The van der Waals surface area contributed by atoms with Crippen molar-refractivity contribution >= 4 is 63.3 Å². The fourth-order valence-electron chi connectivity index (χ4n) is 16.0. The summed E-state index contributed by atoms with van der Waals surface area (Å²) >= 11 is 0. The minimum Gasteiger partial charge on any atom is -0.492 e. The van der Waals surface area contributed by atoms with Gasteiger partial charge in [-0.25, -0.2) is 42.5 Å². The summed E-state index contributed by atoms with van der Waals surface area (Å²) in [5.74, 6) is 5.17. The summed E-state index contributed by atoms with van der Waals surface area (Å²) in [7, 11) is 0. The van der Waals surface area contributed by atoms with Gasteiger partial charge >= 0.3 is 0 Å². The number of amides is 3. The molecule has 17 heterocycles. The van der Waals surface area contributed by atoms with Gasteiger partial charge in [-0.1, -0.05) is 37.3 Å². The number of hydrogen-bond donors (Lipinski definition) is 1. The van der Waals surface area contributed by atoms with E-state index in [4.69, 9.17) is 40.7 Å². The van der Waals surface area contributed by atoms with Crippen LogP contribution in [0.1, 0.15) is 180 Å². The lowest BCUT2D eigenvalue weighted by Crippen LogP contribution is -2.39. The Hall–Kier alpha value is -10.1. The van der Waals surface area contributed by atoms with Crippen molar-refractivity contribution in [2.24, 2.45) is 17.6 Å². The molecule has 6 saturated heterocycles. The van der Waals surface area contributed by atoms with E-state index in [1.165, 1.54) is 12.8 Å². The van der Waals surface area contributed by atoms with Crippen LogP contribution in [0.2, 0.25) is 0 Å². The molecule has 6 atom stereocenters. The highest BCUT2D eigenvalue weighted by molar-refractivity contribution is 5.98. The van der Waals surface area contributed by atoms with E-state index in [9.17, 15) is 14.4 Å². The summed E-state index contributed by atoms with van der Waals surface area (Å²) in [4.78, 5) is 72.7. The number of para-hydroxylation sites is 1. The van der Waals surface area contributed by atoms with E-state index < -0.39 is 0 Å². The first kappa shape index (κ1) is 63.6. The molecule has 3 amide bonds. The summed E-state index contributed by atoms with van der Waals surface area (Å²) in [5, 5.41) is 27.1. The summed E-state index contributed by atoms with van der Waals surface area (Å²) < 4.78 is 14.7. The van der Waals surface area contributed by atoms with Crippen LogP contribution in [-0.4, -0.2) is 177 Å². The van der Waals surface area contributed by atoms with Crippen LogP contribution in [0.5, 0.6) is 5.75 Å². The van der Waals surface area contributed by atoms with Gasteiger partial charge < -0.3 is 39.9 Å². The van der Waals surface area contributed by atoms with Crippen LogP contribution in [0.3, 0.4) is 0 Å². The first-order chi connectivity index (χ1) is 48.2.